The number of rotatable bonds is 1. The molecule has 4 aliphatic rings. The molecule has 1 aromatic carbocycles. The summed E-state index contributed by atoms with van der Waals surface area (Å²) in [4.78, 5) is 15.3. The van der Waals surface area contributed by atoms with Gasteiger partial charge in [0.2, 0.25) is 0 Å². The molecule has 2 bridgehead atoms. The number of nitrogens with two attached hydrogens (primary N) is 1. The highest BCUT2D eigenvalue weighted by atomic mass is 16.3. The van der Waals surface area contributed by atoms with E-state index in [1.54, 1.807) is 0 Å². The molecule has 0 amide bonds. The van der Waals surface area contributed by atoms with Gasteiger partial charge in [0.15, 0.2) is 0 Å². The molecule has 5 nitrogen and oxygen atoms in total. The molecule has 5 heteroatoms. The summed E-state index contributed by atoms with van der Waals surface area (Å²) < 4.78 is 0. The molecule has 0 radical (unpaired) electrons. The molecule has 1 unspecified atom stereocenters. The first-order chi connectivity index (χ1) is 11.1. The van der Waals surface area contributed by atoms with Crippen LogP contribution < -0.4 is 16.1 Å². The fourth-order valence-electron chi connectivity index (χ4n) is 4.17. The Morgan fingerprint density at radius 1 is 1.17 bits per heavy atom. The zero-order chi connectivity index (χ0) is 16.0. The summed E-state index contributed by atoms with van der Waals surface area (Å²) >= 11 is 0. The number of anilines is 2. The number of hydrogen-bond donors (Lipinski definition) is 2. The Morgan fingerprint density at radius 3 is 2.48 bits per heavy atom. The van der Waals surface area contributed by atoms with Gasteiger partial charge < -0.3 is 4.90 Å². The van der Waals surface area contributed by atoms with Crippen molar-refractivity contribution in [1.29, 1.82) is 0 Å². The van der Waals surface area contributed by atoms with Gasteiger partial charge in [0.1, 0.15) is 10.6 Å². The lowest BCUT2D eigenvalue weighted by molar-refractivity contribution is -0.546. The van der Waals surface area contributed by atoms with Crippen molar-refractivity contribution in [1.82, 2.24) is 0 Å². The van der Waals surface area contributed by atoms with Crippen LogP contribution in [0.1, 0.15) is 38.2 Å². The maximum atomic E-state index is 12.1. The van der Waals surface area contributed by atoms with Gasteiger partial charge in [0.25, 0.3) is 0 Å². The molecular weight excluding hydrogens is 288 g/mol. The second-order valence-electron chi connectivity index (χ2n) is 7.33. The van der Waals surface area contributed by atoms with E-state index in [9.17, 15) is 4.91 Å². The maximum Gasteiger partial charge on any atom is 0.307 e. The molecule has 3 N–H and O–H groups in total. The molecule has 1 aromatic rings. The van der Waals surface area contributed by atoms with Crippen molar-refractivity contribution < 1.29 is 4.87 Å². The molecule has 3 fully saturated rings. The maximum absolute atomic E-state index is 12.1. The van der Waals surface area contributed by atoms with Crippen LogP contribution in [0.25, 0.3) is 6.08 Å². The zero-order valence-electron chi connectivity index (χ0n) is 13.7. The minimum atomic E-state index is -0.639. The van der Waals surface area contributed by atoms with Gasteiger partial charge in [-0.05, 0) is 62.7 Å². The van der Waals surface area contributed by atoms with E-state index in [4.69, 9.17) is 5.73 Å². The van der Waals surface area contributed by atoms with Crippen molar-refractivity contribution in [2.75, 3.05) is 23.4 Å². The van der Waals surface area contributed by atoms with Gasteiger partial charge in [-0.25, -0.2) is 0 Å². The highest BCUT2D eigenvalue weighted by Crippen LogP contribution is 2.37. The van der Waals surface area contributed by atoms with Crippen molar-refractivity contribution >= 4 is 17.5 Å². The third-order valence-corrected chi connectivity index (χ3v) is 5.66. The SMILES string of the molecule is CC1=Cc2ccc(N3CC4CCC(CC4)C3)cc2N[N+](=O)C1N. The van der Waals surface area contributed by atoms with E-state index in [1.807, 2.05) is 13.0 Å². The van der Waals surface area contributed by atoms with Gasteiger partial charge in [-0.1, -0.05) is 6.07 Å². The second-order valence-corrected chi connectivity index (χ2v) is 7.33. The van der Waals surface area contributed by atoms with Gasteiger partial charge >= 0.3 is 6.17 Å². The molecular formula is C18H25N4O+. The Hall–Kier alpha value is -1.88. The molecule has 122 valence electrons. The number of benzene rings is 1. The van der Waals surface area contributed by atoms with Crippen molar-refractivity contribution in [3.05, 3.63) is 34.2 Å². The van der Waals surface area contributed by atoms with Gasteiger partial charge in [-0.3, -0.25) is 5.73 Å². The molecule has 3 aliphatic heterocycles. The van der Waals surface area contributed by atoms with Crippen LogP contribution >= 0.6 is 0 Å². The van der Waals surface area contributed by atoms with E-state index in [1.165, 1.54) is 31.4 Å². The molecule has 2 saturated heterocycles. The van der Waals surface area contributed by atoms with Crippen LogP contribution in [0, 0.1) is 16.7 Å². The summed E-state index contributed by atoms with van der Waals surface area (Å²) in [5, 5.41) is 0. The number of fused-ring (bicyclic) bond motifs is 5. The summed E-state index contributed by atoms with van der Waals surface area (Å²) in [6.45, 7) is 4.18. The third-order valence-electron chi connectivity index (χ3n) is 5.66. The van der Waals surface area contributed by atoms with Gasteiger partial charge in [0.05, 0.1) is 4.91 Å². The van der Waals surface area contributed by atoms with E-state index in [0.29, 0.717) is 0 Å². The van der Waals surface area contributed by atoms with Crippen LogP contribution in [0.15, 0.2) is 23.8 Å². The van der Waals surface area contributed by atoms with Gasteiger partial charge in [0, 0.05) is 29.9 Å². The number of nitrogens with one attached hydrogen (secondary N) is 1. The summed E-state index contributed by atoms with van der Waals surface area (Å²) in [6, 6.07) is 6.38. The smallest absolute Gasteiger partial charge is 0.307 e. The molecule has 1 atom stereocenters. The van der Waals surface area contributed by atoms with Crippen LogP contribution in [-0.2, 0) is 0 Å². The molecule has 3 heterocycles. The number of nitroso groups, excluding NO2 is 1. The monoisotopic (exact) mass is 313 g/mol. The lowest BCUT2D eigenvalue weighted by Gasteiger charge is -2.25. The molecule has 0 spiro atoms. The van der Waals surface area contributed by atoms with E-state index >= 15 is 0 Å². The predicted octanol–water partition coefficient (Wildman–Crippen LogP) is 3.12. The molecule has 1 aliphatic carbocycles. The lowest BCUT2D eigenvalue weighted by Crippen LogP contribution is -2.36. The Bertz CT molecular complexity index is 647. The normalized spacial score (nSPS) is 30.2. The van der Waals surface area contributed by atoms with Crippen LogP contribution in [0.5, 0.6) is 0 Å². The lowest BCUT2D eigenvalue weighted by atomic mass is 9.84. The van der Waals surface area contributed by atoms with E-state index in [-0.39, 0.29) is 0 Å². The zero-order valence-corrected chi connectivity index (χ0v) is 13.7. The van der Waals surface area contributed by atoms with E-state index < -0.39 is 6.17 Å². The topological polar surface area (TPSA) is 61.4 Å². The average Bonchev–Trinajstić information content (AvgIpc) is 2.92. The molecule has 23 heavy (non-hydrogen) atoms. The van der Waals surface area contributed by atoms with Gasteiger partial charge in [-0.15, -0.1) is 5.43 Å². The highest BCUT2D eigenvalue weighted by molar-refractivity contribution is 5.73. The first-order valence-corrected chi connectivity index (χ1v) is 8.66. The summed E-state index contributed by atoms with van der Waals surface area (Å²) in [5.41, 5.74) is 12.8. The average molecular weight is 313 g/mol. The molecule has 5 rings (SSSR count). The van der Waals surface area contributed by atoms with Crippen LogP contribution in [-0.4, -0.2) is 24.1 Å². The van der Waals surface area contributed by atoms with Crippen molar-refractivity contribution in [3.8, 4) is 0 Å². The van der Waals surface area contributed by atoms with Crippen LogP contribution in [0.3, 0.4) is 0 Å². The minimum Gasteiger partial charge on any atom is -0.371 e. The minimum absolute atomic E-state index is 0.639. The molecule has 1 saturated carbocycles. The fraction of sp³-hybridized carbons (Fsp3) is 0.556. The van der Waals surface area contributed by atoms with Crippen LogP contribution in [0.2, 0.25) is 0 Å². The summed E-state index contributed by atoms with van der Waals surface area (Å²) in [7, 11) is 0. The summed E-state index contributed by atoms with van der Waals surface area (Å²) in [6.07, 6.45) is 6.84. The van der Waals surface area contributed by atoms with Crippen molar-refractivity contribution in [2.24, 2.45) is 17.6 Å². The first kappa shape index (κ1) is 14.7. The van der Waals surface area contributed by atoms with Crippen molar-refractivity contribution in [2.45, 2.75) is 38.8 Å². The van der Waals surface area contributed by atoms with Crippen molar-refractivity contribution in [3.63, 3.8) is 0 Å². The molecule has 0 aromatic heterocycles. The second kappa shape index (κ2) is 5.64. The first-order valence-electron chi connectivity index (χ1n) is 8.66. The van der Waals surface area contributed by atoms with Crippen LogP contribution in [0.4, 0.5) is 11.4 Å². The predicted molar refractivity (Wildman–Crippen MR) is 93.0 cm³/mol. The number of nitrogens with zero attached hydrogens (tertiary/aromatic N) is 2. The third kappa shape index (κ3) is 2.74. The van der Waals surface area contributed by atoms with Gasteiger partial charge in [-0.2, -0.15) is 0 Å². The summed E-state index contributed by atoms with van der Waals surface area (Å²) in [5.74, 6) is 1.65. The Morgan fingerprint density at radius 2 is 1.83 bits per heavy atom. The number of hydrazine groups is 1. The Labute approximate surface area is 137 Å². The Kier molecular flexibility index (Phi) is 3.60. The highest BCUT2D eigenvalue weighted by Gasteiger charge is 2.31. The largest absolute Gasteiger partial charge is 0.371 e. The quantitative estimate of drug-likeness (QED) is 0.782. The number of hydrogen-bond acceptors (Lipinski definition) is 3. The standard InChI is InChI=1S/C18H25N4O/c1-12-8-15-6-7-16(9-17(15)20-22(23)18(12)19)21-10-13-2-3-14(11-21)5-4-13/h6-9,13-14,18H,2-5,10-11,19H2,1H3,(H,20,23)/q+1. The van der Waals surface area contributed by atoms with E-state index in [2.05, 4.69) is 28.5 Å². The van der Waals surface area contributed by atoms with E-state index in [0.717, 1.165) is 46.6 Å². The Balaban J connectivity index is 1.65. The fourth-order valence-corrected chi connectivity index (χ4v) is 4.17.